The highest BCUT2D eigenvalue weighted by atomic mass is 15.2. The number of fused-ring (bicyclic) bond motifs is 11. The van der Waals surface area contributed by atoms with Gasteiger partial charge in [-0.15, -0.1) is 0 Å². The van der Waals surface area contributed by atoms with E-state index < -0.39 is 0 Å². The van der Waals surface area contributed by atoms with Crippen LogP contribution in [-0.2, 0) is 0 Å². The third kappa shape index (κ3) is 3.68. The van der Waals surface area contributed by atoms with Crippen LogP contribution in [0.15, 0.2) is 158 Å². The molecule has 0 aliphatic carbocycles. The van der Waals surface area contributed by atoms with E-state index in [4.69, 9.17) is 15.0 Å². The fourth-order valence-corrected chi connectivity index (χ4v) is 7.76. The minimum atomic E-state index is 0.630. The zero-order valence-electron chi connectivity index (χ0n) is 26.2. The molecule has 0 bridgehead atoms. The molecule has 0 N–H and O–H groups in total. The molecule has 0 saturated carbocycles. The molecule has 6 heteroatoms. The van der Waals surface area contributed by atoms with Crippen LogP contribution in [0.5, 0.6) is 0 Å². The minimum Gasteiger partial charge on any atom is -0.309 e. The molecular formula is C43H26N6. The van der Waals surface area contributed by atoms with Gasteiger partial charge in [-0.3, -0.25) is 8.97 Å². The molecule has 5 aromatic heterocycles. The van der Waals surface area contributed by atoms with Crippen molar-refractivity contribution in [2.75, 3.05) is 0 Å². The molecule has 0 saturated heterocycles. The topological polar surface area (TPSA) is 52.9 Å². The van der Waals surface area contributed by atoms with Crippen LogP contribution in [0.25, 0.3) is 94.1 Å². The molecule has 0 atom stereocenters. The van der Waals surface area contributed by atoms with E-state index in [-0.39, 0.29) is 0 Å². The molecule has 0 fully saturated rings. The van der Waals surface area contributed by atoms with E-state index in [1.165, 1.54) is 16.3 Å². The highest BCUT2D eigenvalue weighted by molar-refractivity contribution is 6.18. The van der Waals surface area contributed by atoms with Crippen molar-refractivity contribution in [2.24, 2.45) is 0 Å². The van der Waals surface area contributed by atoms with Gasteiger partial charge in [0.2, 0.25) is 5.95 Å². The second-order valence-corrected chi connectivity index (χ2v) is 12.5. The van der Waals surface area contributed by atoms with Crippen molar-refractivity contribution in [3.05, 3.63) is 158 Å². The van der Waals surface area contributed by atoms with Gasteiger partial charge in [-0.25, -0.2) is 15.0 Å². The fourth-order valence-electron chi connectivity index (χ4n) is 7.76. The largest absolute Gasteiger partial charge is 0.309 e. The summed E-state index contributed by atoms with van der Waals surface area (Å²) < 4.78 is 6.74. The maximum absolute atomic E-state index is 5.45. The normalized spacial score (nSPS) is 12.1. The number of imidazole rings is 1. The van der Waals surface area contributed by atoms with E-state index in [0.29, 0.717) is 5.95 Å². The van der Waals surface area contributed by atoms with Crippen LogP contribution in [0.1, 0.15) is 0 Å². The second kappa shape index (κ2) is 9.86. The highest BCUT2D eigenvalue weighted by Crippen LogP contribution is 2.39. The summed E-state index contributed by atoms with van der Waals surface area (Å²) in [4.78, 5) is 15.7. The van der Waals surface area contributed by atoms with Crippen molar-refractivity contribution in [3.8, 4) is 22.9 Å². The summed E-state index contributed by atoms with van der Waals surface area (Å²) in [5.74, 6) is 0.630. The summed E-state index contributed by atoms with van der Waals surface area (Å²) >= 11 is 0. The van der Waals surface area contributed by atoms with Gasteiger partial charge in [0.05, 0.1) is 44.3 Å². The molecule has 0 amide bonds. The first kappa shape index (κ1) is 26.3. The Bertz CT molecular complexity index is 3110. The Hall–Kier alpha value is -6.79. The predicted molar refractivity (Wildman–Crippen MR) is 200 cm³/mol. The zero-order chi connectivity index (χ0) is 32.1. The number of hydrogen-bond donors (Lipinski definition) is 0. The summed E-state index contributed by atoms with van der Waals surface area (Å²) in [6.07, 6.45) is 2.08. The molecular weight excluding hydrogens is 601 g/mol. The molecule has 0 radical (unpaired) electrons. The number of benzene rings is 6. The van der Waals surface area contributed by atoms with Crippen molar-refractivity contribution >= 4 is 71.2 Å². The highest BCUT2D eigenvalue weighted by Gasteiger charge is 2.21. The number of para-hydroxylation sites is 4. The Morgan fingerprint density at radius 3 is 1.96 bits per heavy atom. The molecule has 228 valence electrons. The maximum atomic E-state index is 5.45. The first-order valence-electron chi connectivity index (χ1n) is 16.5. The average molecular weight is 627 g/mol. The molecule has 0 aliphatic rings. The van der Waals surface area contributed by atoms with Crippen LogP contribution >= 0.6 is 0 Å². The van der Waals surface area contributed by atoms with E-state index in [1.807, 2.05) is 18.2 Å². The molecule has 0 unspecified atom stereocenters. The van der Waals surface area contributed by atoms with Crippen LogP contribution < -0.4 is 0 Å². The lowest BCUT2D eigenvalue weighted by Crippen LogP contribution is -2.04. The Balaban J connectivity index is 1.23. The van der Waals surface area contributed by atoms with Gasteiger partial charge in [0, 0.05) is 44.4 Å². The summed E-state index contributed by atoms with van der Waals surface area (Å²) in [6.45, 7) is 0. The molecule has 49 heavy (non-hydrogen) atoms. The zero-order valence-corrected chi connectivity index (χ0v) is 26.2. The van der Waals surface area contributed by atoms with Gasteiger partial charge >= 0.3 is 0 Å². The number of aromatic nitrogens is 6. The van der Waals surface area contributed by atoms with Crippen molar-refractivity contribution in [1.82, 2.24) is 28.5 Å². The number of rotatable bonds is 3. The quantitative estimate of drug-likeness (QED) is 0.196. The van der Waals surface area contributed by atoms with Crippen LogP contribution in [0.4, 0.5) is 0 Å². The van der Waals surface area contributed by atoms with Gasteiger partial charge in [0.15, 0.2) is 0 Å². The summed E-state index contributed by atoms with van der Waals surface area (Å²) in [5.41, 5.74) is 11.3. The Morgan fingerprint density at radius 1 is 0.408 bits per heavy atom. The number of nitrogens with zero attached hydrogens (tertiary/aromatic N) is 6. The minimum absolute atomic E-state index is 0.630. The number of hydrogen-bond acceptors (Lipinski definition) is 3. The van der Waals surface area contributed by atoms with Crippen LogP contribution in [-0.4, -0.2) is 28.5 Å². The Morgan fingerprint density at radius 2 is 1.10 bits per heavy atom. The molecule has 11 rings (SSSR count). The third-order valence-electron chi connectivity index (χ3n) is 9.85. The van der Waals surface area contributed by atoms with Crippen molar-refractivity contribution in [2.45, 2.75) is 0 Å². The molecule has 0 aliphatic heterocycles. The second-order valence-electron chi connectivity index (χ2n) is 12.5. The van der Waals surface area contributed by atoms with Crippen molar-refractivity contribution in [1.29, 1.82) is 0 Å². The van der Waals surface area contributed by atoms with Gasteiger partial charge in [-0.1, -0.05) is 84.9 Å². The smallest absolute Gasteiger partial charge is 0.235 e. The molecule has 0 spiro atoms. The van der Waals surface area contributed by atoms with Crippen LogP contribution in [0.3, 0.4) is 0 Å². The predicted octanol–water partition coefficient (Wildman–Crippen LogP) is 10.3. The fraction of sp³-hybridized carbons (Fsp3) is 0. The van der Waals surface area contributed by atoms with E-state index in [9.17, 15) is 0 Å². The molecule has 11 aromatic rings. The molecule has 6 aromatic carbocycles. The first-order chi connectivity index (χ1) is 24.3. The Kier molecular flexibility index (Phi) is 5.29. The standard InChI is InChI=1S/C43H26N6/c1-2-12-28(13-3-1)48-36-18-8-6-15-30(36)33-26-27(21-24-38(33)48)40-32-16-4-7-17-34(32)45-43(46-40)49-37-19-9-5-14-29(37)31-22-23-35-42(41(31)49)47-25-11-10-20-39(47)44-35/h1-26H. The number of pyridine rings is 1. The maximum Gasteiger partial charge on any atom is 0.235 e. The summed E-state index contributed by atoms with van der Waals surface area (Å²) in [5, 5.41) is 5.70. The third-order valence-corrected chi connectivity index (χ3v) is 9.85. The van der Waals surface area contributed by atoms with Crippen LogP contribution in [0.2, 0.25) is 0 Å². The Labute approximate surface area is 279 Å². The van der Waals surface area contributed by atoms with Crippen LogP contribution in [0, 0.1) is 0 Å². The van der Waals surface area contributed by atoms with E-state index >= 15 is 0 Å². The lowest BCUT2D eigenvalue weighted by molar-refractivity contribution is 1.01. The van der Waals surface area contributed by atoms with E-state index in [1.54, 1.807) is 0 Å². The molecule has 6 nitrogen and oxygen atoms in total. The van der Waals surface area contributed by atoms with Gasteiger partial charge in [0.1, 0.15) is 5.65 Å². The van der Waals surface area contributed by atoms with Crippen molar-refractivity contribution in [3.63, 3.8) is 0 Å². The first-order valence-corrected chi connectivity index (χ1v) is 16.5. The average Bonchev–Trinajstić information content (AvgIpc) is 3.82. The summed E-state index contributed by atoms with van der Waals surface area (Å²) in [7, 11) is 0. The summed E-state index contributed by atoms with van der Waals surface area (Å²) in [6, 6.07) is 53.2. The van der Waals surface area contributed by atoms with Gasteiger partial charge in [0.25, 0.3) is 0 Å². The lowest BCUT2D eigenvalue weighted by Gasteiger charge is -2.13. The SMILES string of the molecule is c1ccc(-n2c3ccccc3c3cc(-c4nc(-n5c6ccccc6c6ccc7nc8ccccn8c7c65)nc5ccccc45)ccc32)cc1. The monoisotopic (exact) mass is 626 g/mol. The molecule has 5 heterocycles. The van der Waals surface area contributed by atoms with E-state index in [2.05, 4.69) is 153 Å². The van der Waals surface area contributed by atoms with Gasteiger partial charge in [-0.2, -0.15) is 0 Å². The van der Waals surface area contributed by atoms with E-state index in [0.717, 1.165) is 71.9 Å². The van der Waals surface area contributed by atoms with Crippen molar-refractivity contribution < 1.29 is 0 Å². The lowest BCUT2D eigenvalue weighted by atomic mass is 10.0. The van der Waals surface area contributed by atoms with Gasteiger partial charge < -0.3 is 4.57 Å². The van der Waals surface area contributed by atoms with Gasteiger partial charge in [-0.05, 0) is 66.7 Å².